The Labute approximate surface area is 133 Å². The molecule has 0 spiro atoms. The van der Waals surface area contributed by atoms with E-state index in [2.05, 4.69) is 4.99 Å². The molecule has 1 heterocycles. The van der Waals surface area contributed by atoms with Gasteiger partial charge in [0.1, 0.15) is 0 Å². The molecule has 0 atom stereocenters. The van der Waals surface area contributed by atoms with Crippen LogP contribution in [0.1, 0.15) is 16.7 Å². The molecular weight excluding hydrogens is 294 g/mol. The predicted molar refractivity (Wildman–Crippen MR) is 90.0 cm³/mol. The number of hydrogen-bond donors (Lipinski definition) is 0. The molecule has 22 heavy (non-hydrogen) atoms. The van der Waals surface area contributed by atoms with Crippen LogP contribution in [-0.4, -0.2) is 18.1 Å². The Hall–Kier alpha value is -2.33. The summed E-state index contributed by atoms with van der Waals surface area (Å²) < 4.78 is 5.30. The summed E-state index contributed by atoms with van der Waals surface area (Å²) in [6.07, 6.45) is 3.78. The van der Waals surface area contributed by atoms with Crippen LogP contribution in [0.3, 0.4) is 0 Å². The Morgan fingerprint density at radius 2 is 1.82 bits per heavy atom. The van der Waals surface area contributed by atoms with Crippen molar-refractivity contribution in [3.05, 3.63) is 70.9 Å². The zero-order valence-corrected chi connectivity index (χ0v) is 13.2. The van der Waals surface area contributed by atoms with E-state index in [0.29, 0.717) is 11.6 Å². The molecule has 0 saturated carbocycles. The second kappa shape index (κ2) is 6.20. The number of aryl methyl sites for hydroxylation is 1. The van der Waals surface area contributed by atoms with Crippen molar-refractivity contribution in [3.8, 4) is 0 Å². The highest BCUT2D eigenvalue weighted by Gasteiger charge is 2.24. The second-order valence-corrected chi connectivity index (χ2v) is 5.80. The zero-order chi connectivity index (χ0) is 15.5. The third-order valence-electron chi connectivity index (χ3n) is 3.42. The molecule has 110 valence electrons. The quantitative estimate of drug-likeness (QED) is 0.487. The van der Waals surface area contributed by atoms with E-state index in [-0.39, 0.29) is 0 Å². The van der Waals surface area contributed by atoms with Gasteiger partial charge in [-0.05, 0) is 48.6 Å². The third kappa shape index (κ3) is 2.97. The summed E-state index contributed by atoms with van der Waals surface area (Å²) in [5, 5.41) is 0. The fourth-order valence-corrected chi connectivity index (χ4v) is 2.60. The van der Waals surface area contributed by atoms with Crippen molar-refractivity contribution in [2.75, 3.05) is 6.26 Å². The number of rotatable bonds is 3. The molecule has 0 N–H and O–H groups in total. The summed E-state index contributed by atoms with van der Waals surface area (Å²) in [4.78, 5) is 17.5. The van der Waals surface area contributed by atoms with Crippen molar-refractivity contribution in [3.63, 3.8) is 0 Å². The van der Waals surface area contributed by atoms with Gasteiger partial charge in [0.05, 0.1) is 0 Å². The van der Waals surface area contributed by atoms with Gasteiger partial charge in [0.2, 0.25) is 5.90 Å². The van der Waals surface area contributed by atoms with Crippen molar-refractivity contribution in [1.29, 1.82) is 0 Å². The minimum absolute atomic E-state index is 0.329. The number of nitrogens with zero attached hydrogens (tertiary/aromatic N) is 1. The minimum atomic E-state index is -0.410. The number of benzene rings is 2. The monoisotopic (exact) mass is 309 g/mol. The average molecular weight is 309 g/mol. The third-order valence-corrected chi connectivity index (χ3v) is 4.16. The smallest absolute Gasteiger partial charge is 0.363 e. The molecule has 0 aromatic heterocycles. The van der Waals surface area contributed by atoms with Crippen molar-refractivity contribution < 1.29 is 9.53 Å². The van der Waals surface area contributed by atoms with Gasteiger partial charge in [0, 0.05) is 10.5 Å². The van der Waals surface area contributed by atoms with Gasteiger partial charge in [-0.3, -0.25) is 0 Å². The van der Waals surface area contributed by atoms with Crippen LogP contribution in [0.25, 0.3) is 6.08 Å². The van der Waals surface area contributed by atoms with Gasteiger partial charge in [-0.15, -0.1) is 11.8 Å². The molecule has 0 amide bonds. The fourth-order valence-electron chi connectivity index (χ4n) is 2.20. The van der Waals surface area contributed by atoms with Crippen molar-refractivity contribution in [1.82, 2.24) is 0 Å². The molecule has 1 aliphatic rings. The van der Waals surface area contributed by atoms with E-state index in [9.17, 15) is 4.79 Å². The van der Waals surface area contributed by atoms with E-state index < -0.39 is 5.97 Å². The predicted octanol–water partition coefficient (Wildman–Crippen LogP) is 4.06. The Morgan fingerprint density at radius 3 is 2.50 bits per heavy atom. The Balaban J connectivity index is 1.92. The van der Waals surface area contributed by atoms with Crippen LogP contribution in [0, 0.1) is 6.92 Å². The Morgan fingerprint density at radius 1 is 1.09 bits per heavy atom. The van der Waals surface area contributed by atoms with Crippen LogP contribution < -0.4 is 0 Å². The van der Waals surface area contributed by atoms with E-state index in [1.807, 2.05) is 61.7 Å². The van der Waals surface area contributed by atoms with E-state index in [1.54, 1.807) is 17.8 Å². The van der Waals surface area contributed by atoms with Crippen LogP contribution in [0.4, 0.5) is 0 Å². The van der Waals surface area contributed by atoms with Crippen LogP contribution in [-0.2, 0) is 9.53 Å². The first kappa shape index (κ1) is 14.6. The van der Waals surface area contributed by atoms with Crippen LogP contribution in [0.5, 0.6) is 0 Å². The van der Waals surface area contributed by atoms with E-state index in [1.165, 1.54) is 4.90 Å². The number of ether oxygens (including phenoxy) is 1. The summed E-state index contributed by atoms with van der Waals surface area (Å²) >= 11 is 1.68. The van der Waals surface area contributed by atoms with Crippen LogP contribution >= 0.6 is 11.8 Å². The summed E-state index contributed by atoms with van der Waals surface area (Å²) in [5.41, 5.74) is 3.13. The number of thioether (sulfide) groups is 1. The SMILES string of the molecule is CSc1ccc(C=C2N=C(c3ccccc3C)OC2=O)cc1. The summed E-state index contributed by atoms with van der Waals surface area (Å²) in [6, 6.07) is 15.7. The maximum Gasteiger partial charge on any atom is 0.363 e. The molecule has 2 aromatic rings. The van der Waals surface area contributed by atoms with Crippen molar-refractivity contribution in [2.24, 2.45) is 4.99 Å². The molecule has 0 unspecified atom stereocenters. The summed E-state index contributed by atoms with van der Waals surface area (Å²) in [6.45, 7) is 1.97. The maximum absolute atomic E-state index is 12.0. The molecule has 0 saturated heterocycles. The normalized spacial score (nSPS) is 15.8. The van der Waals surface area contributed by atoms with Gasteiger partial charge in [0.25, 0.3) is 0 Å². The van der Waals surface area contributed by atoms with E-state index in [0.717, 1.165) is 16.7 Å². The number of cyclic esters (lactones) is 1. The Kier molecular flexibility index (Phi) is 4.11. The molecule has 2 aromatic carbocycles. The van der Waals surface area contributed by atoms with Gasteiger partial charge >= 0.3 is 5.97 Å². The lowest BCUT2D eigenvalue weighted by molar-refractivity contribution is -0.129. The van der Waals surface area contributed by atoms with E-state index in [4.69, 9.17) is 4.74 Å². The first-order chi connectivity index (χ1) is 10.7. The second-order valence-electron chi connectivity index (χ2n) is 4.92. The lowest BCUT2D eigenvalue weighted by Gasteiger charge is -2.02. The molecule has 0 bridgehead atoms. The number of carbonyl (C=O) groups excluding carboxylic acids is 1. The fraction of sp³-hybridized carbons (Fsp3) is 0.111. The molecule has 1 aliphatic heterocycles. The first-order valence-corrected chi connectivity index (χ1v) is 8.12. The summed E-state index contributed by atoms with van der Waals surface area (Å²) in [5.74, 6) is -0.0396. The van der Waals surface area contributed by atoms with Gasteiger partial charge in [-0.2, -0.15) is 0 Å². The van der Waals surface area contributed by atoms with Gasteiger partial charge in [-0.1, -0.05) is 30.3 Å². The van der Waals surface area contributed by atoms with Gasteiger partial charge in [0.15, 0.2) is 5.70 Å². The molecule has 0 fully saturated rings. The molecule has 3 rings (SSSR count). The largest absolute Gasteiger partial charge is 0.402 e. The zero-order valence-electron chi connectivity index (χ0n) is 12.4. The molecule has 3 nitrogen and oxygen atoms in total. The van der Waals surface area contributed by atoms with Crippen LogP contribution in [0.15, 0.2) is 64.1 Å². The van der Waals surface area contributed by atoms with Crippen molar-refractivity contribution in [2.45, 2.75) is 11.8 Å². The van der Waals surface area contributed by atoms with Crippen LogP contribution in [0.2, 0.25) is 0 Å². The Bertz CT molecular complexity index is 776. The highest BCUT2D eigenvalue weighted by Crippen LogP contribution is 2.22. The lowest BCUT2D eigenvalue weighted by atomic mass is 10.1. The number of hydrogen-bond acceptors (Lipinski definition) is 4. The highest BCUT2D eigenvalue weighted by molar-refractivity contribution is 7.98. The number of aliphatic imine (C=N–C) groups is 1. The molecule has 0 aliphatic carbocycles. The van der Waals surface area contributed by atoms with Crippen molar-refractivity contribution >= 4 is 29.7 Å². The van der Waals surface area contributed by atoms with Gasteiger partial charge in [-0.25, -0.2) is 9.79 Å². The maximum atomic E-state index is 12.0. The standard InChI is InChI=1S/C18H15NO2S/c1-12-5-3-4-6-15(12)17-19-16(18(20)21-17)11-13-7-9-14(22-2)10-8-13/h3-11H,1-2H3. The molecule has 4 heteroatoms. The average Bonchev–Trinajstić information content (AvgIpc) is 2.89. The number of esters is 1. The lowest BCUT2D eigenvalue weighted by Crippen LogP contribution is -2.06. The van der Waals surface area contributed by atoms with Gasteiger partial charge < -0.3 is 4.74 Å². The molecule has 0 radical (unpaired) electrons. The summed E-state index contributed by atoms with van der Waals surface area (Å²) in [7, 11) is 0. The topological polar surface area (TPSA) is 38.7 Å². The number of carbonyl (C=O) groups is 1. The highest BCUT2D eigenvalue weighted by atomic mass is 32.2. The minimum Gasteiger partial charge on any atom is -0.402 e. The molecular formula is C18H15NO2S. The van der Waals surface area contributed by atoms with E-state index >= 15 is 0 Å². The first-order valence-electron chi connectivity index (χ1n) is 6.90.